The number of aryl methyl sites for hydroxylation is 1. The summed E-state index contributed by atoms with van der Waals surface area (Å²) in [5.41, 5.74) is 3.08. The second-order valence-electron chi connectivity index (χ2n) is 6.17. The molecule has 0 aromatic heterocycles. The van der Waals surface area contributed by atoms with Crippen molar-refractivity contribution in [3.63, 3.8) is 0 Å². The van der Waals surface area contributed by atoms with Crippen molar-refractivity contribution < 1.29 is 9.53 Å². The molecule has 1 fully saturated rings. The minimum absolute atomic E-state index is 0.0386. The van der Waals surface area contributed by atoms with Crippen LogP contribution in [0.1, 0.15) is 12.5 Å². The molecule has 0 bridgehead atoms. The first-order valence-electron chi connectivity index (χ1n) is 8.76. The van der Waals surface area contributed by atoms with Gasteiger partial charge in [0.2, 0.25) is 0 Å². The Hall–Kier alpha value is -2.69. The molecule has 1 saturated heterocycles. The first kappa shape index (κ1) is 17.1. The summed E-state index contributed by atoms with van der Waals surface area (Å²) in [4.78, 5) is 16.6. The Bertz CT molecular complexity index is 724. The van der Waals surface area contributed by atoms with E-state index in [1.165, 1.54) is 0 Å². The third-order valence-corrected chi connectivity index (χ3v) is 4.34. The van der Waals surface area contributed by atoms with Crippen LogP contribution < -0.4 is 15.0 Å². The van der Waals surface area contributed by atoms with Gasteiger partial charge in [0, 0.05) is 31.9 Å². The smallest absolute Gasteiger partial charge is 0.321 e. The number of nitrogens with one attached hydrogen (secondary N) is 1. The Morgan fingerprint density at radius 1 is 1.08 bits per heavy atom. The van der Waals surface area contributed by atoms with Gasteiger partial charge in [0.15, 0.2) is 0 Å². The number of anilines is 2. The molecule has 1 aliphatic rings. The van der Waals surface area contributed by atoms with E-state index in [0.29, 0.717) is 19.7 Å². The fourth-order valence-electron chi connectivity index (χ4n) is 3.07. The number of hydrogen-bond acceptors (Lipinski definition) is 3. The van der Waals surface area contributed by atoms with Gasteiger partial charge < -0.3 is 19.9 Å². The molecule has 5 nitrogen and oxygen atoms in total. The molecule has 0 spiro atoms. The molecule has 5 heteroatoms. The van der Waals surface area contributed by atoms with E-state index in [4.69, 9.17) is 4.74 Å². The van der Waals surface area contributed by atoms with E-state index >= 15 is 0 Å². The number of piperazine rings is 1. The average Bonchev–Trinajstić information content (AvgIpc) is 2.63. The quantitative estimate of drug-likeness (QED) is 0.923. The topological polar surface area (TPSA) is 44.8 Å². The van der Waals surface area contributed by atoms with Crippen molar-refractivity contribution >= 4 is 17.4 Å². The molecule has 0 aliphatic carbocycles. The number of nitrogens with zero attached hydrogens (tertiary/aromatic N) is 2. The second-order valence-corrected chi connectivity index (χ2v) is 6.17. The summed E-state index contributed by atoms with van der Waals surface area (Å²) in [5, 5.41) is 2.98. The molecule has 2 amide bonds. The van der Waals surface area contributed by atoms with Crippen LogP contribution in [-0.4, -0.2) is 43.7 Å². The number of hydrogen-bond donors (Lipinski definition) is 1. The monoisotopic (exact) mass is 339 g/mol. The van der Waals surface area contributed by atoms with Crippen molar-refractivity contribution in [3.8, 4) is 5.75 Å². The molecule has 2 aromatic rings. The minimum Gasteiger partial charge on any atom is -0.492 e. The Labute approximate surface area is 149 Å². The highest BCUT2D eigenvalue weighted by Gasteiger charge is 2.23. The van der Waals surface area contributed by atoms with Crippen LogP contribution in [0.25, 0.3) is 0 Å². The molecule has 0 unspecified atom stereocenters. The van der Waals surface area contributed by atoms with Gasteiger partial charge in [-0.2, -0.15) is 0 Å². The van der Waals surface area contributed by atoms with Gasteiger partial charge in [-0.15, -0.1) is 0 Å². The van der Waals surface area contributed by atoms with Crippen LogP contribution in [0.5, 0.6) is 5.75 Å². The molecule has 1 heterocycles. The molecule has 1 aliphatic heterocycles. The van der Waals surface area contributed by atoms with Gasteiger partial charge in [0.25, 0.3) is 0 Å². The Balaban J connectivity index is 1.59. The summed E-state index contributed by atoms with van der Waals surface area (Å²) < 4.78 is 5.72. The van der Waals surface area contributed by atoms with Crippen molar-refractivity contribution in [1.29, 1.82) is 0 Å². The number of urea groups is 1. The molecular weight excluding hydrogens is 314 g/mol. The number of ether oxygens (including phenoxy) is 1. The zero-order valence-corrected chi connectivity index (χ0v) is 14.9. The van der Waals surface area contributed by atoms with Crippen LogP contribution in [0.3, 0.4) is 0 Å². The average molecular weight is 339 g/mol. The normalized spacial score (nSPS) is 14.3. The van der Waals surface area contributed by atoms with Crippen LogP contribution in [0.4, 0.5) is 16.2 Å². The molecule has 3 rings (SSSR count). The van der Waals surface area contributed by atoms with Crippen molar-refractivity contribution in [1.82, 2.24) is 4.90 Å². The molecule has 0 saturated carbocycles. The molecular formula is C20H25N3O2. The highest BCUT2D eigenvalue weighted by molar-refractivity contribution is 5.89. The Morgan fingerprint density at radius 3 is 2.56 bits per heavy atom. The van der Waals surface area contributed by atoms with Crippen molar-refractivity contribution in [2.24, 2.45) is 0 Å². The lowest BCUT2D eigenvalue weighted by Crippen LogP contribution is -2.50. The van der Waals surface area contributed by atoms with Crippen molar-refractivity contribution in [2.75, 3.05) is 43.0 Å². The summed E-state index contributed by atoms with van der Waals surface area (Å²) in [6.45, 7) is 7.64. The number of para-hydroxylation sites is 2. The molecule has 2 aromatic carbocycles. The lowest BCUT2D eigenvalue weighted by Gasteiger charge is -2.36. The van der Waals surface area contributed by atoms with E-state index in [2.05, 4.69) is 16.3 Å². The van der Waals surface area contributed by atoms with Crippen LogP contribution in [0.15, 0.2) is 48.5 Å². The SMILES string of the molecule is CCOc1ccccc1N1CCN(C(=O)Nc2cccc(C)c2)CC1. The van der Waals surface area contributed by atoms with E-state index < -0.39 is 0 Å². The van der Waals surface area contributed by atoms with Crippen LogP contribution in [0.2, 0.25) is 0 Å². The molecule has 1 N–H and O–H groups in total. The predicted octanol–water partition coefficient (Wildman–Crippen LogP) is 3.75. The highest BCUT2D eigenvalue weighted by Crippen LogP contribution is 2.28. The number of amides is 2. The number of benzene rings is 2. The number of rotatable bonds is 4. The van der Waals surface area contributed by atoms with Gasteiger partial charge in [0.05, 0.1) is 12.3 Å². The lowest BCUT2D eigenvalue weighted by molar-refractivity contribution is 0.208. The van der Waals surface area contributed by atoms with Gasteiger partial charge >= 0.3 is 6.03 Å². The van der Waals surface area contributed by atoms with Gasteiger partial charge in [0.1, 0.15) is 5.75 Å². The Morgan fingerprint density at radius 2 is 1.84 bits per heavy atom. The van der Waals surface area contributed by atoms with Crippen LogP contribution in [-0.2, 0) is 0 Å². The van der Waals surface area contributed by atoms with E-state index in [1.54, 1.807) is 0 Å². The minimum atomic E-state index is -0.0386. The van der Waals surface area contributed by atoms with E-state index in [0.717, 1.165) is 35.8 Å². The largest absolute Gasteiger partial charge is 0.492 e. The molecule has 25 heavy (non-hydrogen) atoms. The van der Waals surface area contributed by atoms with Gasteiger partial charge in [-0.25, -0.2) is 4.79 Å². The van der Waals surface area contributed by atoms with Gasteiger partial charge in [-0.05, 0) is 43.7 Å². The van der Waals surface area contributed by atoms with Crippen molar-refractivity contribution in [2.45, 2.75) is 13.8 Å². The first-order valence-corrected chi connectivity index (χ1v) is 8.76. The summed E-state index contributed by atoms with van der Waals surface area (Å²) in [7, 11) is 0. The third-order valence-electron chi connectivity index (χ3n) is 4.34. The maximum Gasteiger partial charge on any atom is 0.321 e. The van der Waals surface area contributed by atoms with Gasteiger partial charge in [-0.3, -0.25) is 0 Å². The third kappa shape index (κ3) is 4.24. The lowest BCUT2D eigenvalue weighted by atomic mass is 10.2. The predicted molar refractivity (Wildman–Crippen MR) is 102 cm³/mol. The molecule has 0 atom stereocenters. The summed E-state index contributed by atoms with van der Waals surface area (Å²) in [6.07, 6.45) is 0. The van der Waals surface area contributed by atoms with Gasteiger partial charge in [-0.1, -0.05) is 24.3 Å². The summed E-state index contributed by atoms with van der Waals surface area (Å²) >= 11 is 0. The molecule has 132 valence electrons. The summed E-state index contributed by atoms with van der Waals surface area (Å²) in [6, 6.07) is 15.9. The zero-order chi connectivity index (χ0) is 17.6. The van der Waals surface area contributed by atoms with Crippen LogP contribution >= 0.6 is 0 Å². The number of carbonyl (C=O) groups excluding carboxylic acids is 1. The number of carbonyl (C=O) groups is 1. The maximum atomic E-state index is 12.5. The van der Waals surface area contributed by atoms with E-state index in [9.17, 15) is 4.79 Å². The zero-order valence-electron chi connectivity index (χ0n) is 14.9. The summed E-state index contributed by atoms with van der Waals surface area (Å²) in [5.74, 6) is 0.905. The fourth-order valence-corrected chi connectivity index (χ4v) is 3.07. The van der Waals surface area contributed by atoms with E-state index in [-0.39, 0.29) is 6.03 Å². The maximum absolute atomic E-state index is 12.5. The fraction of sp³-hybridized carbons (Fsp3) is 0.350. The first-order chi connectivity index (χ1) is 12.2. The van der Waals surface area contributed by atoms with Crippen molar-refractivity contribution in [3.05, 3.63) is 54.1 Å². The standard InChI is InChI=1S/C20H25N3O2/c1-3-25-19-10-5-4-9-18(19)22-11-13-23(14-12-22)20(24)21-17-8-6-7-16(2)15-17/h4-10,15H,3,11-14H2,1-2H3,(H,21,24). The second kappa shape index (κ2) is 7.92. The van der Waals surface area contributed by atoms with Crippen LogP contribution in [0, 0.1) is 6.92 Å². The highest BCUT2D eigenvalue weighted by atomic mass is 16.5. The van der Waals surface area contributed by atoms with E-state index in [1.807, 2.05) is 61.2 Å². The Kier molecular flexibility index (Phi) is 5.43. The molecule has 0 radical (unpaired) electrons.